The van der Waals surface area contributed by atoms with Crippen LogP contribution in [0.5, 0.6) is 0 Å². The standard InChI is InChI=1S/C24H23N2O3/c1-15(2)12-25-14-26(13-20(27)17-10-8-16(3)9-11-17)22-21(25)23(28)18-6-4-5-7-19(18)24(22)29/h4-11,14-15H,12-13H2,1-3H3/q+1. The second-order valence-electron chi connectivity index (χ2n) is 7.98. The Hall–Kier alpha value is -3.34. The lowest BCUT2D eigenvalue weighted by atomic mass is 9.89. The van der Waals surface area contributed by atoms with E-state index in [0.29, 0.717) is 34.6 Å². The Balaban J connectivity index is 1.80. The Morgan fingerprint density at radius 1 is 0.966 bits per heavy atom. The summed E-state index contributed by atoms with van der Waals surface area (Å²) in [5.41, 5.74) is 3.15. The van der Waals surface area contributed by atoms with Crippen molar-refractivity contribution >= 4 is 17.3 Å². The summed E-state index contributed by atoms with van der Waals surface area (Å²) in [4.78, 5) is 39.3. The number of rotatable bonds is 5. The van der Waals surface area contributed by atoms with Gasteiger partial charge in [-0.15, -0.1) is 0 Å². The van der Waals surface area contributed by atoms with Gasteiger partial charge in [0.2, 0.25) is 35.1 Å². The van der Waals surface area contributed by atoms with Gasteiger partial charge in [-0.2, -0.15) is 0 Å². The van der Waals surface area contributed by atoms with Gasteiger partial charge < -0.3 is 0 Å². The number of fused-ring (bicyclic) bond motifs is 2. The molecule has 1 aromatic heterocycles. The molecular formula is C24H23N2O3+. The van der Waals surface area contributed by atoms with Crippen LogP contribution in [0.3, 0.4) is 0 Å². The minimum atomic E-state index is -0.214. The molecule has 29 heavy (non-hydrogen) atoms. The zero-order valence-electron chi connectivity index (χ0n) is 16.8. The molecule has 0 fully saturated rings. The molecular weight excluding hydrogens is 364 g/mol. The summed E-state index contributed by atoms with van der Waals surface area (Å²) in [6, 6.07) is 14.2. The molecule has 0 aliphatic heterocycles. The van der Waals surface area contributed by atoms with Crippen LogP contribution in [-0.4, -0.2) is 21.9 Å². The summed E-state index contributed by atoms with van der Waals surface area (Å²) in [5.74, 6) is -0.196. The van der Waals surface area contributed by atoms with Crippen molar-refractivity contribution in [2.24, 2.45) is 5.92 Å². The molecule has 1 heterocycles. The lowest BCUT2D eigenvalue weighted by Crippen LogP contribution is -2.43. The third-order valence-electron chi connectivity index (χ3n) is 5.17. The van der Waals surface area contributed by atoms with Crippen molar-refractivity contribution in [1.82, 2.24) is 4.57 Å². The minimum Gasteiger partial charge on any atom is -0.290 e. The topological polar surface area (TPSA) is 60.0 Å². The van der Waals surface area contributed by atoms with Gasteiger partial charge in [-0.3, -0.25) is 14.4 Å². The fourth-order valence-electron chi connectivity index (χ4n) is 3.80. The Kier molecular flexibility index (Phi) is 4.74. The van der Waals surface area contributed by atoms with Crippen molar-refractivity contribution in [1.29, 1.82) is 0 Å². The highest BCUT2D eigenvalue weighted by atomic mass is 16.1. The molecule has 1 aliphatic carbocycles. The Bertz CT molecular complexity index is 1140. The summed E-state index contributed by atoms with van der Waals surface area (Å²) in [6.07, 6.45) is 1.73. The lowest BCUT2D eigenvalue weighted by Gasteiger charge is -2.13. The fraction of sp³-hybridized carbons (Fsp3) is 0.250. The van der Waals surface area contributed by atoms with Crippen molar-refractivity contribution in [2.75, 3.05) is 0 Å². The number of carbonyl (C=O) groups is 3. The van der Waals surface area contributed by atoms with Crippen LogP contribution in [0.2, 0.25) is 0 Å². The third-order valence-corrected chi connectivity index (χ3v) is 5.17. The molecule has 0 radical (unpaired) electrons. The smallest absolute Gasteiger partial charge is 0.245 e. The van der Waals surface area contributed by atoms with Crippen molar-refractivity contribution < 1.29 is 19.0 Å². The second-order valence-corrected chi connectivity index (χ2v) is 7.98. The highest BCUT2D eigenvalue weighted by Crippen LogP contribution is 2.26. The number of nitrogens with zero attached hydrogens (tertiary/aromatic N) is 2. The average molecular weight is 387 g/mol. The van der Waals surface area contributed by atoms with Crippen LogP contribution in [0, 0.1) is 12.8 Å². The van der Waals surface area contributed by atoms with E-state index in [9.17, 15) is 14.4 Å². The predicted molar refractivity (Wildman–Crippen MR) is 108 cm³/mol. The van der Waals surface area contributed by atoms with Crippen LogP contribution < -0.4 is 4.57 Å². The van der Waals surface area contributed by atoms with Gasteiger partial charge in [-0.1, -0.05) is 67.9 Å². The van der Waals surface area contributed by atoms with E-state index >= 15 is 0 Å². The van der Waals surface area contributed by atoms with Crippen LogP contribution in [0.25, 0.3) is 0 Å². The summed E-state index contributed by atoms with van der Waals surface area (Å²) in [5, 5.41) is 0. The molecule has 0 atom stereocenters. The van der Waals surface area contributed by atoms with Crippen molar-refractivity contribution in [2.45, 2.75) is 33.9 Å². The van der Waals surface area contributed by atoms with Crippen LogP contribution in [0.1, 0.15) is 61.9 Å². The number of aromatic nitrogens is 2. The van der Waals surface area contributed by atoms with Crippen LogP contribution >= 0.6 is 0 Å². The first-order valence-electron chi connectivity index (χ1n) is 9.77. The highest BCUT2D eigenvalue weighted by molar-refractivity contribution is 6.26. The average Bonchev–Trinajstić information content (AvgIpc) is 3.04. The summed E-state index contributed by atoms with van der Waals surface area (Å²) < 4.78 is 3.45. The molecule has 0 saturated heterocycles. The van der Waals surface area contributed by atoms with E-state index in [1.54, 1.807) is 47.3 Å². The van der Waals surface area contributed by atoms with E-state index in [2.05, 4.69) is 13.8 Å². The molecule has 3 aromatic rings. The van der Waals surface area contributed by atoms with Crippen molar-refractivity contribution in [3.05, 3.63) is 88.5 Å². The lowest BCUT2D eigenvalue weighted by molar-refractivity contribution is -0.684. The van der Waals surface area contributed by atoms with Crippen molar-refractivity contribution in [3.8, 4) is 0 Å². The molecule has 0 N–H and O–H groups in total. The SMILES string of the molecule is Cc1ccc(C(=O)C[n+]2cn(CC(C)C)c3c2C(=O)c2ccccc2C3=O)cc1. The van der Waals surface area contributed by atoms with E-state index in [1.165, 1.54) is 0 Å². The number of Topliss-reactive ketones (excluding diaryl/α,β-unsaturated/α-hetero) is 1. The molecule has 0 spiro atoms. The number of carbonyl (C=O) groups excluding carboxylic acids is 3. The molecule has 0 bridgehead atoms. The number of hydrogen-bond acceptors (Lipinski definition) is 3. The van der Waals surface area contributed by atoms with Gasteiger partial charge in [0.15, 0.2) is 6.54 Å². The molecule has 146 valence electrons. The molecule has 1 aliphatic rings. The predicted octanol–water partition coefficient (Wildman–Crippen LogP) is 3.40. The Morgan fingerprint density at radius 2 is 1.59 bits per heavy atom. The van der Waals surface area contributed by atoms with Gasteiger partial charge in [0.1, 0.15) is 0 Å². The zero-order valence-corrected chi connectivity index (χ0v) is 16.8. The van der Waals surface area contributed by atoms with Crippen LogP contribution in [0.15, 0.2) is 54.9 Å². The monoisotopic (exact) mass is 387 g/mol. The Labute approximate surface area is 169 Å². The summed E-state index contributed by atoms with van der Waals surface area (Å²) >= 11 is 0. The first-order valence-corrected chi connectivity index (χ1v) is 9.77. The number of ketones is 3. The van der Waals surface area contributed by atoms with Crippen LogP contribution in [-0.2, 0) is 13.1 Å². The summed E-state index contributed by atoms with van der Waals surface area (Å²) in [7, 11) is 0. The molecule has 0 saturated carbocycles. The third kappa shape index (κ3) is 3.33. The largest absolute Gasteiger partial charge is 0.290 e. The van der Waals surface area contributed by atoms with E-state index in [-0.39, 0.29) is 29.8 Å². The Morgan fingerprint density at radius 3 is 2.21 bits per heavy atom. The first kappa shape index (κ1) is 19.0. The molecule has 0 unspecified atom stereocenters. The number of imidazole rings is 1. The minimum absolute atomic E-state index is 0.0116. The van der Waals surface area contributed by atoms with E-state index in [1.807, 2.05) is 23.6 Å². The number of hydrogen-bond donors (Lipinski definition) is 0. The van der Waals surface area contributed by atoms with E-state index < -0.39 is 0 Å². The van der Waals surface area contributed by atoms with E-state index in [4.69, 9.17) is 0 Å². The van der Waals surface area contributed by atoms with Crippen LogP contribution in [0.4, 0.5) is 0 Å². The fourth-order valence-corrected chi connectivity index (χ4v) is 3.80. The van der Waals surface area contributed by atoms with E-state index in [0.717, 1.165) is 5.56 Å². The van der Waals surface area contributed by atoms with Gasteiger partial charge in [0, 0.05) is 16.7 Å². The van der Waals surface area contributed by atoms with Crippen molar-refractivity contribution in [3.63, 3.8) is 0 Å². The van der Waals surface area contributed by atoms with Gasteiger partial charge in [-0.25, -0.2) is 9.13 Å². The first-order chi connectivity index (χ1) is 13.9. The zero-order chi connectivity index (χ0) is 20.7. The number of aryl methyl sites for hydroxylation is 1. The quantitative estimate of drug-likeness (QED) is 0.390. The molecule has 0 amide bonds. The maximum atomic E-state index is 13.2. The molecule has 5 heteroatoms. The second kappa shape index (κ2) is 7.24. The van der Waals surface area contributed by atoms with Gasteiger partial charge in [0.05, 0.1) is 6.54 Å². The van der Waals surface area contributed by atoms with Gasteiger partial charge >= 0.3 is 0 Å². The van der Waals surface area contributed by atoms with Gasteiger partial charge in [0.25, 0.3) is 0 Å². The van der Waals surface area contributed by atoms with Gasteiger partial charge in [-0.05, 0) is 12.8 Å². The molecule has 4 rings (SSSR count). The summed E-state index contributed by atoms with van der Waals surface area (Å²) in [6.45, 7) is 6.68. The highest BCUT2D eigenvalue weighted by Gasteiger charge is 2.41. The molecule has 5 nitrogen and oxygen atoms in total. The number of benzene rings is 2. The maximum Gasteiger partial charge on any atom is 0.245 e. The molecule has 2 aromatic carbocycles. The maximum absolute atomic E-state index is 13.2. The normalized spacial score (nSPS) is 12.8.